The predicted octanol–water partition coefficient (Wildman–Crippen LogP) is 4.59. The fraction of sp³-hybridized carbons (Fsp3) is 0.304. The van der Waals surface area contributed by atoms with Crippen LogP contribution in [0.25, 0.3) is 10.9 Å². The number of fused-ring (bicyclic) bond motifs is 1. The van der Waals surface area contributed by atoms with Crippen molar-refractivity contribution in [1.29, 1.82) is 0 Å². The highest BCUT2D eigenvalue weighted by Crippen LogP contribution is 2.28. The number of benzene rings is 2. The Kier molecular flexibility index (Phi) is 5.60. The highest BCUT2D eigenvalue weighted by Gasteiger charge is 2.22. The molecule has 0 radical (unpaired) electrons. The number of hydrogen-bond donors (Lipinski definition) is 1. The lowest BCUT2D eigenvalue weighted by Gasteiger charge is -2.32. The normalized spacial score (nSPS) is 15.6. The Bertz CT molecular complexity index is 982. The van der Waals surface area contributed by atoms with Crippen LogP contribution < -0.4 is 5.32 Å². The summed E-state index contributed by atoms with van der Waals surface area (Å²) in [6.07, 6.45) is 1.87. The minimum absolute atomic E-state index is 0.00825. The molecule has 0 aliphatic carbocycles. The van der Waals surface area contributed by atoms with E-state index >= 15 is 0 Å². The molecule has 0 saturated carbocycles. The van der Waals surface area contributed by atoms with E-state index in [2.05, 4.69) is 23.2 Å². The summed E-state index contributed by atoms with van der Waals surface area (Å²) in [6, 6.07) is 17.7. The maximum absolute atomic E-state index is 12.3. The van der Waals surface area contributed by atoms with Gasteiger partial charge in [0, 0.05) is 36.6 Å². The highest BCUT2D eigenvalue weighted by molar-refractivity contribution is 6.32. The van der Waals surface area contributed by atoms with Gasteiger partial charge in [0.05, 0.1) is 16.2 Å². The Morgan fingerprint density at radius 1 is 1.11 bits per heavy atom. The number of carbonyl (C=O) groups excluding carboxylic acids is 1. The van der Waals surface area contributed by atoms with Gasteiger partial charge in [-0.15, -0.1) is 0 Å². The smallest absolute Gasteiger partial charge is 0.251 e. The third-order valence-corrected chi connectivity index (χ3v) is 5.98. The second-order valence-electron chi connectivity index (χ2n) is 7.40. The highest BCUT2D eigenvalue weighted by atomic mass is 35.5. The van der Waals surface area contributed by atoms with Crippen LogP contribution in [0, 0.1) is 6.92 Å². The van der Waals surface area contributed by atoms with E-state index in [9.17, 15) is 4.79 Å². The van der Waals surface area contributed by atoms with Gasteiger partial charge in [0.15, 0.2) is 0 Å². The van der Waals surface area contributed by atoms with E-state index in [-0.39, 0.29) is 11.9 Å². The zero-order valence-corrected chi connectivity index (χ0v) is 16.7. The molecule has 3 aromatic rings. The number of halogens is 1. The first-order valence-corrected chi connectivity index (χ1v) is 10.1. The number of piperidine rings is 1. The summed E-state index contributed by atoms with van der Waals surface area (Å²) in [5.41, 5.74) is 3.73. The van der Waals surface area contributed by atoms with E-state index < -0.39 is 0 Å². The van der Waals surface area contributed by atoms with Crippen molar-refractivity contribution in [2.45, 2.75) is 32.4 Å². The first-order valence-electron chi connectivity index (χ1n) is 9.74. The molecule has 28 heavy (non-hydrogen) atoms. The lowest BCUT2D eigenvalue weighted by Crippen LogP contribution is -2.44. The number of carbonyl (C=O) groups is 1. The van der Waals surface area contributed by atoms with Gasteiger partial charge in [0.25, 0.3) is 5.91 Å². The number of aryl methyl sites for hydroxylation is 1. The SMILES string of the molecule is Cc1c(Cl)c(CN2CCC(NC(=O)c3ccccc3)CC2)nc2ccccc12. The second-order valence-corrected chi connectivity index (χ2v) is 7.78. The van der Waals surface area contributed by atoms with Crippen LogP contribution in [0.15, 0.2) is 54.6 Å². The lowest BCUT2D eigenvalue weighted by molar-refractivity contribution is 0.0908. The van der Waals surface area contributed by atoms with Crippen LogP contribution in [-0.2, 0) is 6.54 Å². The number of hydrogen-bond acceptors (Lipinski definition) is 3. The maximum Gasteiger partial charge on any atom is 0.251 e. The average molecular weight is 394 g/mol. The van der Waals surface area contributed by atoms with Gasteiger partial charge in [-0.25, -0.2) is 4.98 Å². The molecule has 0 bridgehead atoms. The number of rotatable bonds is 4. The molecular formula is C23H24ClN3O. The van der Waals surface area contributed by atoms with Gasteiger partial charge in [-0.05, 0) is 43.5 Å². The van der Waals surface area contributed by atoms with Gasteiger partial charge in [-0.1, -0.05) is 48.0 Å². The van der Waals surface area contributed by atoms with Crippen LogP contribution >= 0.6 is 11.6 Å². The van der Waals surface area contributed by atoms with E-state index in [1.165, 1.54) is 0 Å². The molecule has 2 aromatic carbocycles. The van der Waals surface area contributed by atoms with Gasteiger partial charge in [0.1, 0.15) is 0 Å². The zero-order chi connectivity index (χ0) is 19.5. The largest absolute Gasteiger partial charge is 0.349 e. The van der Waals surface area contributed by atoms with Gasteiger partial charge >= 0.3 is 0 Å². The molecule has 1 N–H and O–H groups in total. The molecule has 0 atom stereocenters. The van der Waals surface area contributed by atoms with Gasteiger partial charge < -0.3 is 5.32 Å². The molecular weight excluding hydrogens is 370 g/mol. The maximum atomic E-state index is 12.3. The molecule has 144 valence electrons. The van der Waals surface area contributed by atoms with Crippen LogP contribution in [0.4, 0.5) is 0 Å². The number of para-hydroxylation sites is 1. The van der Waals surface area contributed by atoms with E-state index in [1.807, 2.05) is 48.5 Å². The summed E-state index contributed by atoms with van der Waals surface area (Å²) in [4.78, 5) is 19.5. The van der Waals surface area contributed by atoms with E-state index in [1.54, 1.807) is 0 Å². The minimum atomic E-state index is 0.00825. The fourth-order valence-electron chi connectivity index (χ4n) is 3.83. The van der Waals surface area contributed by atoms with Crippen molar-refractivity contribution in [3.8, 4) is 0 Å². The first kappa shape index (κ1) is 18.9. The van der Waals surface area contributed by atoms with Crippen molar-refractivity contribution in [3.05, 3.63) is 76.4 Å². The average Bonchev–Trinajstić information content (AvgIpc) is 2.74. The summed E-state index contributed by atoms with van der Waals surface area (Å²) < 4.78 is 0. The van der Waals surface area contributed by atoms with Crippen LogP contribution in [0.1, 0.15) is 34.5 Å². The molecule has 4 nitrogen and oxygen atoms in total. The third-order valence-electron chi connectivity index (χ3n) is 5.48. The standard InChI is InChI=1S/C23H24ClN3O/c1-16-19-9-5-6-10-20(19)26-21(22(16)24)15-27-13-11-18(12-14-27)25-23(28)17-7-3-2-4-8-17/h2-10,18H,11-15H2,1H3,(H,25,28). The molecule has 1 aliphatic rings. The number of nitrogens with one attached hydrogen (secondary N) is 1. The van der Waals surface area contributed by atoms with Crippen LogP contribution in [0.2, 0.25) is 5.02 Å². The van der Waals surface area contributed by atoms with Gasteiger partial charge in [-0.3, -0.25) is 9.69 Å². The molecule has 1 saturated heterocycles. The molecule has 5 heteroatoms. The van der Waals surface area contributed by atoms with Crippen molar-refractivity contribution in [2.24, 2.45) is 0 Å². The zero-order valence-electron chi connectivity index (χ0n) is 16.0. The van der Waals surface area contributed by atoms with Crippen molar-refractivity contribution in [3.63, 3.8) is 0 Å². The molecule has 0 spiro atoms. The Balaban J connectivity index is 1.38. The number of likely N-dealkylation sites (tertiary alicyclic amines) is 1. The van der Waals surface area contributed by atoms with Crippen LogP contribution in [0.5, 0.6) is 0 Å². The van der Waals surface area contributed by atoms with E-state index in [0.717, 1.165) is 59.7 Å². The Labute approximate surface area is 170 Å². The number of nitrogens with zero attached hydrogens (tertiary/aromatic N) is 2. The number of pyridine rings is 1. The molecule has 1 aromatic heterocycles. The van der Waals surface area contributed by atoms with Crippen molar-refractivity contribution in [1.82, 2.24) is 15.2 Å². The minimum Gasteiger partial charge on any atom is -0.349 e. The Morgan fingerprint density at radius 3 is 2.54 bits per heavy atom. The monoisotopic (exact) mass is 393 g/mol. The molecule has 4 rings (SSSR count). The van der Waals surface area contributed by atoms with E-state index in [0.29, 0.717) is 5.56 Å². The number of amides is 1. The van der Waals surface area contributed by atoms with Crippen molar-refractivity contribution < 1.29 is 4.79 Å². The Morgan fingerprint density at radius 2 is 1.79 bits per heavy atom. The Hall–Kier alpha value is -2.43. The van der Waals surface area contributed by atoms with Crippen LogP contribution in [0.3, 0.4) is 0 Å². The summed E-state index contributed by atoms with van der Waals surface area (Å²) >= 11 is 6.61. The molecule has 0 unspecified atom stereocenters. The first-order chi connectivity index (χ1) is 13.6. The van der Waals surface area contributed by atoms with Crippen molar-refractivity contribution in [2.75, 3.05) is 13.1 Å². The summed E-state index contributed by atoms with van der Waals surface area (Å²) in [5, 5.41) is 5.03. The third kappa shape index (κ3) is 4.03. The summed E-state index contributed by atoms with van der Waals surface area (Å²) in [6.45, 7) is 4.64. The lowest BCUT2D eigenvalue weighted by atomic mass is 10.0. The van der Waals surface area contributed by atoms with E-state index in [4.69, 9.17) is 16.6 Å². The fourth-order valence-corrected chi connectivity index (χ4v) is 4.03. The van der Waals surface area contributed by atoms with Gasteiger partial charge in [0.2, 0.25) is 0 Å². The molecule has 2 heterocycles. The molecule has 1 aliphatic heterocycles. The molecule has 1 fully saturated rings. The molecule has 1 amide bonds. The predicted molar refractivity (Wildman–Crippen MR) is 114 cm³/mol. The quantitative estimate of drug-likeness (QED) is 0.705. The summed E-state index contributed by atoms with van der Waals surface area (Å²) in [5.74, 6) is 0.00825. The van der Waals surface area contributed by atoms with Crippen molar-refractivity contribution >= 4 is 28.4 Å². The topological polar surface area (TPSA) is 45.2 Å². The summed E-state index contributed by atoms with van der Waals surface area (Å²) in [7, 11) is 0. The second kappa shape index (κ2) is 8.29. The number of aromatic nitrogens is 1. The van der Waals surface area contributed by atoms with Gasteiger partial charge in [-0.2, -0.15) is 0 Å². The van der Waals surface area contributed by atoms with Crippen LogP contribution in [-0.4, -0.2) is 34.9 Å².